The molecule has 34 heavy (non-hydrogen) atoms. The van der Waals surface area contributed by atoms with E-state index < -0.39 is 0 Å². The first-order valence-electron chi connectivity index (χ1n) is 12.0. The highest BCUT2D eigenvalue weighted by Crippen LogP contribution is 2.34. The predicted octanol–water partition coefficient (Wildman–Crippen LogP) is 4.40. The maximum absolute atomic E-state index is 14.0. The molecule has 0 unspecified atom stereocenters. The van der Waals surface area contributed by atoms with Crippen molar-refractivity contribution in [3.05, 3.63) is 70.5 Å². The predicted molar refractivity (Wildman–Crippen MR) is 129 cm³/mol. The number of carbonyl (C=O) groups excluding carboxylic acids is 2. The molecule has 1 saturated heterocycles. The van der Waals surface area contributed by atoms with Crippen molar-refractivity contribution in [2.75, 3.05) is 26.2 Å². The van der Waals surface area contributed by atoms with Gasteiger partial charge < -0.3 is 4.74 Å². The van der Waals surface area contributed by atoms with Gasteiger partial charge in [0.25, 0.3) is 5.91 Å². The van der Waals surface area contributed by atoms with Crippen LogP contribution in [0.2, 0.25) is 0 Å². The number of amides is 1. The van der Waals surface area contributed by atoms with Crippen molar-refractivity contribution < 1.29 is 18.7 Å². The minimum absolute atomic E-state index is 0.154. The number of piperidine rings is 1. The molecule has 0 bridgehead atoms. The second-order valence-corrected chi connectivity index (χ2v) is 9.20. The molecular weight excluding hydrogens is 433 g/mol. The minimum Gasteiger partial charge on any atom is -0.466 e. The smallest absolute Gasteiger partial charge is 0.310 e. The number of aryl methyl sites for hydroxylation is 2. The highest BCUT2D eigenvalue weighted by Gasteiger charge is 2.35. The molecular formula is C27H32FN3O3. The number of rotatable bonds is 6. The Morgan fingerprint density at radius 3 is 2.74 bits per heavy atom. The van der Waals surface area contributed by atoms with Gasteiger partial charge in [-0.1, -0.05) is 35.9 Å². The van der Waals surface area contributed by atoms with Crippen LogP contribution in [0.5, 0.6) is 0 Å². The molecule has 0 radical (unpaired) electrons. The molecule has 4 rings (SSSR count). The van der Waals surface area contributed by atoms with Gasteiger partial charge in [-0.2, -0.15) is 5.10 Å². The molecule has 2 aromatic rings. The fourth-order valence-corrected chi connectivity index (χ4v) is 4.93. The Bertz CT molecular complexity index is 1100. The summed E-state index contributed by atoms with van der Waals surface area (Å²) < 4.78 is 19.2. The standard InChI is InChI=1S/C27H32FN3O3/c1-4-34-27(33)21-8-6-12-30(16-21)17-26(32)31-25(20-7-5-9-22(28)14-20)15-24(29-31)23-11-10-18(2)13-19(23)3/h5,7,9-11,13-14,21,25H,4,6,8,12,15-17H2,1-3H3/t21-,25+/m0/s1. The van der Waals surface area contributed by atoms with E-state index >= 15 is 0 Å². The van der Waals surface area contributed by atoms with Gasteiger partial charge in [-0.3, -0.25) is 14.5 Å². The maximum atomic E-state index is 14.0. The van der Waals surface area contributed by atoms with E-state index in [1.165, 1.54) is 17.1 Å². The van der Waals surface area contributed by atoms with Gasteiger partial charge >= 0.3 is 5.97 Å². The number of ether oxygens (including phenoxy) is 1. The van der Waals surface area contributed by atoms with Crippen LogP contribution in [-0.2, 0) is 14.3 Å². The van der Waals surface area contributed by atoms with E-state index in [0.717, 1.165) is 47.4 Å². The fourth-order valence-electron chi connectivity index (χ4n) is 4.93. The van der Waals surface area contributed by atoms with Crippen LogP contribution in [0, 0.1) is 25.6 Å². The van der Waals surface area contributed by atoms with Gasteiger partial charge in [0.1, 0.15) is 5.82 Å². The third kappa shape index (κ3) is 5.36. The van der Waals surface area contributed by atoms with Crippen molar-refractivity contribution in [3.8, 4) is 0 Å². The van der Waals surface area contributed by atoms with Gasteiger partial charge in [0.2, 0.25) is 0 Å². The summed E-state index contributed by atoms with van der Waals surface area (Å²) in [6.45, 7) is 7.63. The number of hydrogen-bond donors (Lipinski definition) is 0. The van der Waals surface area contributed by atoms with Crippen LogP contribution in [0.3, 0.4) is 0 Å². The summed E-state index contributed by atoms with van der Waals surface area (Å²) >= 11 is 0. The van der Waals surface area contributed by atoms with E-state index in [1.54, 1.807) is 13.0 Å². The molecule has 2 heterocycles. The van der Waals surface area contributed by atoms with Crippen molar-refractivity contribution in [1.82, 2.24) is 9.91 Å². The number of esters is 1. The molecule has 2 aliphatic heterocycles. The van der Waals surface area contributed by atoms with E-state index in [-0.39, 0.29) is 36.2 Å². The molecule has 0 N–H and O–H groups in total. The summed E-state index contributed by atoms with van der Waals surface area (Å²) in [5, 5.41) is 6.26. The average Bonchev–Trinajstić information content (AvgIpc) is 3.25. The second-order valence-electron chi connectivity index (χ2n) is 9.20. The molecule has 0 aliphatic carbocycles. The van der Waals surface area contributed by atoms with Gasteiger partial charge in [-0.05, 0) is 63.4 Å². The summed E-state index contributed by atoms with van der Waals surface area (Å²) in [5.41, 5.74) is 4.81. The molecule has 1 amide bonds. The van der Waals surface area contributed by atoms with Crippen LogP contribution in [-0.4, -0.2) is 53.7 Å². The van der Waals surface area contributed by atoms with E-state index in [4.69, 9.17) is 9.84 Å². The average molecular weight is 466 g/mol. The number of likely N-dealkylation sites (tertiary alicyclic amines) is 1. The summed E-state index contributed by atoms with van der Waals surface area (Å²) in [6, 6.07) is 12.2. The monoisotopic (exact) mass is 465 g/mol. The van der Waals surface area contributed by atoms with E-state index in [9.17, 15) is 14.0 Å². The van der Waals surface area contributed by atoms with Crippen molar-refractivity contribution in [3.63, 3.8) is 0 Å². The van der Waals surface area contributed by atoms with Crippen LogP contribution in [0.25, 0.3) is 0 Å². The first kappa shape index (κ1) is 24.1. The molecule has 2 aliphatic rings. The van der Waals surface area contributed by atoms with Crippen molar-refractivity contribution >= 4 is 17.6 Å². The lowest BCUT2D eigenvalue weighted by Gasteiger charge is -2.32. The molecule has 2 aromatic carbocycles. The van der Waals surface area contributed by atoms with Gasteiger partial charge in [0.15, 0.2) is 0 Å². The molecule has 180 valence electrons. The normalized spacial score (nSPS) is 20.8. The van der Waals surface area contributed by atoms with Crippen molar-refractivity contribution in [1.29, 1.82) is 0 Å². The number of nitrogens with zero attached hydrogens (tertiary/aromatic N) is 3. The van der Waals surface area contributed by atoms with E-state index in [1.807, 2.05) is 36.9 Å². The molecule has 7 heteroatoms. The number of hydrazone groups is 1. The van der Waals surface area contributed by atoms with Gasteiger partial charge in [-0.15, -0.1) is 0 Å². The Hall–Kier alpha value is -3.06. The Labute approximate surface area is 200 Å². The Balaban J connectivity index is 1.57. The zero-order valence-electron chi connectivity index (χ0n) is 20.1. The lowest BCUT2D eigenvalue weighted by Crippen LogP contribution is -2.44. The first-order chi connectivity index (χ1) is 16.4. The highest BCUT2D eigenvalue weighted by atomic mass is 19.1. The Morgan fingerprint density at radius 1 is 1.18 bits per heavy atom. The topological polar surface area (TPSA) is 62.2 Å². The zero-order chi connectivity index (χ0) is 24.2. The van der Waals surface area contributed by atoms with Crippen LogP contribution < -0.4 is 0 Å². The molecule has 0 saturated carbocycles. The van der Waals surface area contributed by atoms with Crippen LogP contribution in [0.4, 0.5) is 4.39 Å². The molecule has 0 spiro atoms. The minimum atomic E-state index is -0.371. The first-order valence-corrected chi connectivity index (χ1v) is 12.0. The summed E-state index contributed by atoms with van der Waals surface area (Å²) in [5.74, 6) is -0.904. The Kier molecular flexibility index (Phi) is 7.41. The fraction of sp³-hybridized carbons (Fsp3) is 0.444. The quantitative estimate of drug-likeness (QED) is 0.594. The lowest BCUT2D eigenvalue weighted by molar-refractivity contribution is -0.150. The van der Waals surface area contributed by atoms with E-state index in [0.29, 0.717) is 19.6 Å². The molecule has 2 atom stereocenters. The third-order valence-corrected chi connectivity index (χ3v) is 6.58. The number of benzene rings is 2. The van der Waals surface area contributed by atoms with Crippen LogP contribution in [0.1, 0.15) is 54.5 Å². The number of carbonyl (C=O) groups is 2. The van der Waals surface area contributed by atoms with Crippen molar-refractivity contribution in [2.24, 2.45) is 11.0 Å². The zero-order valence-corrected chi connectivity index (χ0v) is 20.1. The molecule has 6 nitrogen and oxygen atoms in total. The lowest BCUT2D eigenvalue weighted by atomic mass is 9.95. The molecule has 1 fully saturated rings. The maximum Gasteiger partial charge on any atom is 0.310 e. The third-order valence-electron chi connectivity index (χ3n) is 6.58. The Morgan fingerprint density at radius 2 is 2.00 bits per heavy atom. The van der Waals surface area contributed by atoms with Crippen LogP contribution >= 0.6 is 0 Å². The molecule has 0 aromatic heterocycles. The number of halogens is 1. The largest absolute Gasteiger partial charge is 0.466 e. The van der Waals surface area contributed by atoms with Gasteiger partial charge in [-0.25, -0.2) is 9.40 Å². The summed E-state index contributed by atoms with van der Waals surface area (Å²) in [4.78, 5) is 27.7. The SMILES string of the molecule is CCOC(=O)[C@H]1CCCN(CC(=O)N2N=C(c3ccc(C)cc3C)C[C@@H]2c2cccc(F)c2)C1. The number of hydrogen-bond acceptors (Lipinski definition) is 5. The van der Waals surface area contributed by atoms with Gasteiger partial charge in [0.05, 0.1) is 30.8 Å². The second kappa shape index (κ2) is 10.5. The summed E-state index contributed by atoms with van der Waals surface area (Å²) in [7, 11) is 0. The van der Waals surface area contributed by atoms with Gasteiger partial charge in [0, 0.05) is 18.5 Å². The summed E-state index contributed by atoms with van der Waals surface area (Å²) in [6.07, 6.45) is 2.12. The highest BCUT2D eigenvalue weighted by molar-refractivity contribution is 6.04. The van der Waals surface area contributed by atoms with Crippen LogP contribution in [0.15, 0.2) is 47.6 Å². The van der Waals surface area contributed by atoms with Crippen molar-refractivity contribution in [2.45, 2.75) is 46.1 Å². The van der Waals surface area contributed by atoms with E-state index in [2.05, 4.69) is 6.07 Å².